The highest BCUT2D eigenvalue weighted by Crippen LogP contribution is 2.44. The Hall–Kier alpha value is -2.89. The first-order chi connectivity index (χ1) is 16.4. The Balaban J connectivity index is 1.63. The van der Waals surface area contributed by atoms with Gasteiger partial charge in [0, 0.05) is 20.6 Å². The molecule has 3 nitrogen and oxygen atoms in total. The van der Waals surface area contributed by atoms with E-state index in [1.54, 1.807) is 11.3 Å². The standard InChI is InChI=1S/C29H29NO2S2/c1-19-10-12-24(13-11-19)29-30-22(4)28(34-29)27(17-23-8-6-5-7-9-23)33-25-14-15-26(20(2)16-25)32-18-21(3)31/h5-16,27H,17-18H2,1-4H3/t27-/m1/s1. The number of ketones is 1. The summed E-state index contributed by atoms with van der Waals surface area (Å²) in [5.41, 5.74) is 5.85. The van der Waals surface area contributed by atoms with Gasteiger partial charge in [-0.05, 0) is 63.4 Å². The molecule has 4 aromatic rings. The molecule has 174 valence electrons. The molecule has 0 radical (unpaired) electrons. The molecule has 34 heavy (non-hydrogen) atoms. The Kier molecular flexibility index (Phi) is 7.86. The Morgan fingerprint density at radius 2 is 1.74 bits per heavy atom. The predicted octanol–water partition coefficient (Wildman–Crippen LogP) is 7.78. The smallest absolute Gasteiger partial charge is 0.167 e. The summed E-state index contributed by atoms with van der Waals surface area (Å²) in [5, 5.41) is 1.30. The molecule has 0 saturated carbocycles. The third-order valence-electron chi connectivity index (χ3n) is 5.54. The minimum Gasteiger partial charge on any atom is -0.486 e. The topological polar surface area (TPSA) is 39.2 Å². The zero-order valence-electron chi connectivity index (χ0n) is 20.0. The minimum atomic E-state index is 0.0193. The van der Waals surface area contributed by atoms with Crippen LogP contribution < -0.4 is 4.74 Å². The highest BCUT2D eigenvalue weighted by Gasteiger charge is 2.21. The van der Waals surface area contributed by atoms with Crippen LogP contribution in [0.15, 0.2) is 77.7 Å². The molecule has 1 aromatic heterocycles. The monoisotopic (exact) mass is 487 g/mol. The fourth-order valence-electron chi connectivity index (χ4n) is 3.74. The third kappa shape index (κ3) is 6.16. The number of benzene rings is 3. The van der Waals surface area contributed by atoms with Gasteiger partial charge in [-0.1, -0.05) is 60.2 Å². The van der Waals surface area contributed by atoms with Gasteiger partial charge in [0.05, 0.1) is 5.69 Å². The quantitative estimate of drug-likeness (QED) is 0.226. The van der Waals surface area contributed by atoms with Crippen molar-refractivity contribution in [2.24, 2.45) is 0 Å². The molecule has 1 heterocycles. The summed E-state index contributed by atoms with van der Waals surface area (Å²) in [5.74, 6) is 0.778. The van der Waals surface area contributed by atoms with Gasteiger partial charge in [-0.25, -0.2) is 4.98 Å². The lowest BCUT2D eigenvalue weighted by Gasteiger charge is -2.17. The molecule has 0 aliphatic rings. The third-order valence-corrected chi connectivity index (χ3v) is 8.23. The van der Waals surface area contributed by atoms with Crippen LogP contribution in [0, 0.1) is 20.8 Å². The maximum absolute atomic E-state index is 11.3. The van der Waals surface area contributed by atoms with Crippen LogP contribution in [-0.4, -0.2) is 17.4 Å². The molecular weight excluding hydrogens is 458 g/mol. The van der Waals surface area contributed by atoms with Crippen LogP contribution in [0.2, 0.25) is 0 Å². The molecule has 1 atom stereocenters. The molecule has 0 bridgehead atoms. The van der Waals surface area contributed by atoms with Crippen molar-refractivity contribution in [2.45, 2.75) is 44.3 Å². The molecule has 0 spiro atoms. The van der Waals surface area contributed by atoms with Gasteiger partial charge in [0.15, 0.2) is 5.78 Å². The Labute approximate surface area is 210 Å². The first kappa shape index (κ1) is 24.2. The van der Waals surface area contributed by atoms with Gasteiger partial charge in [0.2, 0.25) is 0 Å². The first-order valence-electron chi connectivity index (χ1n) is 11.4. The molecule has 0 amide bonds. The molecule has 0 N–H and O–H groups in total. The summed E-state index contributed by atoms with van der Waals surface area (Å²) in [4.78, 5) is 18.7. The van der Waals surface area contributed by atoms with E-state index in [-0.39, 0.29) is 17.6 Å². The number of ether oxygens (including phenoxy) is 1. The van der Waals surface area contributed by atoms with Crippen molar-refractivity contribution >= 4 is 28.9 Å². The highest BCUT2D eigenvalue weighted by molar-refractivity contribution is 7.99. The predicted molar refractivity (Wildman–Crippen MR) is 143 cm³/mol. The van der Waals surface area contributed by atoms with E-state index in [1.165, 1.54) is 27.8 Å². The highest BCUT2D eigenvalue weighted by atomic mass is 32.2. The lowest BCUT2D eigenvalue weighted by Crippen LogP contribution is -2.07. The number of carbonyl (C=O) groups is 1. The van der Waals surface area contributed by atoms with Gasteiger partial charge in [-0.15, -0.1) is 23.1 Å². The molecule has 5 heteroatoms. The Bertz CT molecular complexity index is 1260. The van der Waals surface area contributed by atoms with E-state index in [9.17, 15) is 4.79 Å². The van der Waals surface area contributed by atoms with Crippen molar-refractivity contribution in [1.82, 2.24) is 4.98 Å². The van der Waals surface area contributed by atoms with E-state index >= 15 is 0 Å². The van der Waals surface area contributed by atoms with Gasteiger partial charge in [-0.2, -0.15) is 0 Å². The SMILES string of the molecule is CC(=O)COc1ccc(S[C@H](Cc2ccccc2)c2sc(-c3ccc(C)cc3)nc2C)cc1C. The van der Waals surface area contributed by atoms with Crippen LogP contribution >= 0.6 is 23.1 Å². The molecule has 0 aliphatic carbocycles. The number of aromatic nitrogens is 1. The minimum absolute atomic E-state index is 0.0193. The average Bonchev–Trinajstić information content (AvgIpc) is 3.20. The molecular formula is C29H29NO2S2. The van der Waals surface area contributed by atoms with E-state index in [2.05, 4.69) is 80.6 Å². The van der Waals surface area contributed by atoms with E-state index in [1.807, 2.05) is 24.8 Å². The first-order valence-corrected chi connectivity index (χ1v) is 13.1. The summed E-state index contributed by atoms with van der Waals surface area (Å²) in [6.45, 7) is 7.89. The number of hydrogen-bond acceptors (Lipinski definition) is 5. The van der Waals surface area contributed by atoms with Crippen molar-refractivity contribution in [1.29, 1.82) is 0 Å². The second-order valence-corrected chi connectivity index (χ2v) is 10.9. The number of hydrogen-bond donors (Lipinski definition) is 0. The molecule has 4 rings (SSSR count). The van der Waals surface area contributed by atoms with Crippen LogP contribution in [0.4, 0.5) is 0 Å². The van der Waals surface area contributed by atoms with Gasteiger partial charge < -0.3 is 4.74 Å². The second-order valence-electron chi connectivity index (χ2n) is 8.55. The largest absolute Gasteiger partial charge is 0.486 e. The lowest BCUT2D eigenvalue weighted by molar-refractivity contribution is -0.118. The fourth-order valence-corrected chi connectivity index (χ4v) is 6.36. The van der Waals surface area contributed by atoms with Crippen LogP contribution in [0.3, 0.4) is 0 Å². The molecule has 0 unspecified atom stereocenters. The molecule has 3 aromatic carbocycles. The maximum atomic E-state index is 11.3. The van der Waals surface area contributed by atoms with Gasteiger partial charge in [0.25, 0.3) is 0 Å². The van der Waals surface area contributed by atoms with Crippen LogP contribution in [0.5, 0.6) is 5.75 Å². The number of thiazole rings is 1. The lowest BCUT2D eigenvalue weighted by atomic mass is 10.1. The number of carbonyl (C=O) groups excluding carboxylic acids is 1. The summed E-state index contributed by atoms with van der Waals surface area (Å²) >= 11 is 3.65. The zero-order valence-corrected chi connectivity index (χ0v) is 21.6. The number of nitrogens with zero attached hydrogens (tertiary/aromatic N) is 1. The zero-order chi connectivity index (χ0) is 24.1. The van der Waals surface area contributed by atoms with E-state index in [0.717, 1.165) is 34.0 Å². The van der Waals surface area contributed by atoms with E-state index < -0.39 is 0 Å². The van der Waals surface area contributed by atoms with Crippen molar-refractivity contribution in [3.8, 4) is 16.3 Å². The summed E-state index contributed by atoms with van der Waals surface area (Å²) in [7, 11) is 0. The number of Topliss-reactive ketones (excluding diaryl/α,β-unsaturated/α-hetero) is 1. The van der Waals surface area contributed by atoms with Crippen molar-refractivity contribution in [3.05, 3.63) is 100 Å². The number of rotatable bonds is 9. The summed E-state index contributed by atoms with van der Waals surface area (Å²) in [6.07, 6.45) is 0.920. The van der Waals surface area contributed by atoms with Crippen molar-refractivity contribution in [2.75, 3.05) is 6.61 Å². The molecule has 0 fully saturated rings. The van der Waals surface area contributed by atoms with Crippen molar-refractivity contribution in [3.63, 3.8) is 0 Å². The van der Waals surface area contributed by atoms with E-state index in [0.29, 0.717) is 0 Å². The van der Waals surface area contributed by atoms with Crippen LogP contribution in [-0.2, 0) is 11.2 Å². The van der Waals surface area contributed by atoms with Gasteiger partial charge in [-0.3, -0.25) is 4.79 Å². The van der Waals surface area contributed by atoms with E-state index in [4.69, 9.17) is 9.72 Å². The van der Waals surface area contributed by atoms with Crippen LogP contribution in [0.1, 0.15) is 39.4 Å². The van der Waals surface area contributed by atoms with Crippen molar-refractivity contribution < 1.29 is 9.53 Å². The maximum Gasteiger partial charge on any atom is 0.167 e. The van der Waals surface area contributed by atoms with Crippen LogP contribution in [0.25, 0.3) is 10.6 Å². The number of thioether (sulfide) groups is 1. The fraction of sp³-hybridized carbons (Fsp3) is 0.241. The van der Waals surface area contributed by atoms with Gasteiger partial charge in [0.1, 0.15) is 17.4 Å². The average molecular weight is 488 g/mol. The Morgan fingerprint density at radius 1 is 1.00 bits per heavy atom. The van der Waals surface area contributed by atoms with Gasteiger partial charge >= 0.3 is 0 Å². The summed E-state index contributed by atoms with van der Waals surface area (Å²) in [6, 6.07) is 25.4. The normalized spacial score (nSPS) is 11.9. The number of aryl methyl sites for hydroxylation is 3. The molecule has 0 saturated heterocycles. The molecule has 0 aliphatic heterocycles. The second kappa shape index (κ2) is 11.0. The Morgan fingerprint density at radius 3 is 2.41 bits per heavy atom. The summed E-state index contributed by atoms with van der Waals surface area (Å²) < 4.78 is 5.65.